The minimum atomic E-state index is -0.651. The van der Waals surface area contributed by atoms with Crippen LogP contribution in [0.2, 0.25) is 0 Å². The van der Waals surface area contributed by atoms with Crippen LogP contribution < -0.4 is 15.5 Å². The molecule has 1 aliphatic rings. The summed E-state index contributed by atoms with van der Waals surface area (Å²) in [6.07, 6.45) is 0.986. The lowest BCUT2D eigenvalue weighted by Crippen LogP contribution is -2.41. The highest BCUT2D eigenvalue weighted by Gasteiger charge is 2.28. The number of nitrogens with zero attached hydrogens (tertiary/aromatic N) is 1. The Hall–Kier alpha value is -3.12. The van der Waals surface area contributed by atoms with Crippen molar-refractivity contribution in [3.05, 3.63) is 82.0 Å². The fraction of sp³-hybridized carbons (Fsp3) is 0.217. The van der Waals surface area contributed by atoms with Crippen LogP contribution in [0.3, 0.4) is 0 Å². The van der Waals surface area contributed by atoms with E-state index in [0.717, 1.165) is 18.5 Å². The number of anilines is 2. The van der Waals surface area contributed by atoms with Crippen LogP contribution in [-0.4, -0.2) is 24.9 Å². The first-order valence-electron chi connectivity index (χ1n) is 9.65. The molecule has 3 aromatic rings. The Morgan fingerprint density at radius 3 is 2.72 bits per heavy atom. The van der Waals surface area contributed by atoms with Gasteiger partial charge in [-0.2, -0.15) is 0 Å². The molecule has 2 amide bonds. The molecule has 5 nitrogen and oxygen atoms in total. The summed E-state index contributed by atoms with van der Waals surface area (Å²) < 4.78 is 0. The van der Waals surface area contributed by atoms with Crippen molar-refractivity contribution in [3.63, 3.8) is 0 Å². The number of carbonyl (C=O) groups excluding carboxylic acids is 2. The van der Waals surface area contributed by atoms with E-state index >= 15 is 0 Å². The number of amides is 2. The maximum Gasteiger partial charge on any atom is 0.313 e. The summed E-state index contributed by atoms with van der Waals surface area (Å²) in [6, 6.07) is 19.8. The van der Waals surface area contributed by atoms with Crippen LogP contribution in [-0.2, 0) is 16.0 Å². The molecule has 2 aromatic carbocycles. The normalized spacial score (nSPS) is 13.6. The van der Waals surface area contributed by atoms with Crippen LogP contribution in [0.1, 0.15) is 22.0 Å². The Morgan fingerprint density at radius 2 is 1.93 bits per heavy atom. The van der Waals surface area contributed by atoms with Gasteiger partial charge >= 0.3 is 11.8 Å². The van der Waals surface area contributed by atoms with Gasteiger partial charge in [-0.1, -0.05) is 36.4 Å². The third-order valence-electron chi connectivity index (χ3n) is 5.11. The summed E-state index contributed by atoms with van der Waals surface area (Å²) in [5.74, 6) is -1.28. The molecule has 0 unspecified atom stereocenters. The third-order valence-corrected chi connectivity index (χ3v) is 6.08. The summed E-state index contributed by atoms with van der Waals surface area (Å²) in [7, 11) is 0. The standard InChI is InChI=1S/C23H23N3O2S/c1-16-6-4-8-18(14-16)25-23(28)22(27)24-15-20(21-10-5-13-29-21)26-12-11-17-7-2-3-9-19(17)26/h2-10,13-14,20H,11-12,15H2,1H3,(H,24,27)(H,25,28)/t20-/m1/s1. The molecule has 0 spiro atoms. The van der Waals surface area contributed by atoms with E-state index in [9.17, 15) is 9.59 Å². The summed E-state index contributed by atoms with van der Waals surface area (Å²) in [5, 5.41) is 7.53. The predicted molar refractivity (Wildman–Crippen MR) is 117 cm³/mol. The third kappa shape index (κ3) is 4.32. The summed E-state index contributed by atoms with van der Waals surface area (Å²) >= 11 is 1.66. The van der Waals surface area contributed by atoms with E-state index in [2.05, 4.69) is 39.8 Å². The molecule has 1 aromatic heterocycles. The van der Waals surface area contributed by atoms with Gasteiger partial charge in [-0.05, 0) is 54.1 Å². The Bertz CT molecular complexity index is 1020. The number of hydrogen-bond acceptors (Lipinski definition) is 4. The number of benzene rings is 2. The topological polar surface area (TPSA) is 61.4 Å². The molecular formula is C23H23N3O2S. The molecule has 1 atom stereocenters. The average Bonchev–Trinajstić information content (AvgIpc) is 3.39. The zero-order valence-electron chi connectivity index (χ0n) is 16.2. The molecule has 0 aliphatic carbocycles. The van der Waals surface area contributed by atoms with Gasteiger partial charge in [0.05, 0.1) is 6.04 Å². The largest absolute Gasteiger partial charge is 0.361 e. The Kier molecular flexibility index (Phi) is 5.62. The number of thiophene rings is 1. The highest BCUT2D eigenvalue weighted by Crippen LogP contribution is 2.36. The maximum atomic E-state index is 12.4. The van der Waals surface area contributed by atoms with Gasteiger partial charge in [0.1, 0.15) is 0 Å². The number of carbonyl (C=O) groups is 2. The number of fused-ring (bicyclic) bond motifs is 1. The van der Waals surface area contributed by atoms with Crippen LogP contribution in [0.25, 0.3) is 0 Å². The number of rotatable bonds is 5. The smallest absolute Gasteiger partial charge is 0.313 e. The average molecular weight is 406 g/mol. The maximum absolute atomic E-state index is 12.4. The van der Waals surface area contributed by atoms with E-state index in [4.69, 9.17) is 0 Å². The van der Waals surface area contributed by atoms with Crippen LogP contribution in [0.4, 0.5) is 11.4 Å². The van der Waals surface area contributed by atoms with E-state index in [1.54, 1.807) is 17.4 Å². The predicted octanol–water partition coefficient (Wildman–Crippen LogP) is 3.92. The van der Waals surface area contributed by atoms with Crippen LogP contribution in [0, 0.1) is 6.92 Å². The quantitative estimate of drug-likeness (QED) is 0.633. The monoisotopic (exact) mass is 405 g/mol. The fourth-order valence-corrected chi connectivity index (χ4v) is 4.55. The van der Waals surface area contributed by atoms with E-state index in [-0.39, 0.29) is 6.04 Å². The number of nitrogens with one attached hydrogen (secondary N) is 2. The number of para-hydroxylation sites is 1. The van der Waals surface area contributed by atoms with Crippen molar-refractivity contribution in [3.8, 4) is 0 Å². The highest BCUT2D eigenvalue weighted by atomic mass is 32.1. The molecule has 2 N–H and O–H groups in total. The zero-order valence-corrected chi connectivity index (χ0v) is 17.0. The SMILES string of the molecule is Cc1cccc(NC(=O)C(=O)NC[C@H](c2cccs2)N2CCc3ccccc32)c1. The summed E-state index contributed by atoms with van der Waals surface area (Å²) in [5.41, 5.74) is 4.16. The van der Waals surface area contributed by atoms with Gasteiger partial charge in [0.25, 0.3) is 0 Å². The van der Waals surface area contributed by atoms with Crippen molar-refractivity contribution in [1.82, 2.24) is 5.32 Å². The lowest BCUT2D eigenvalue weighted by atomic mass is 10.1. The van der Waals surface area contributed by atoms with Crippen LogP contribution in [0.15, 0.2) is 66.0 Å². The van der Waals surface area contributed by atoms with Gasteiger partial charge in [-0.15, -0.1) is 11.3 Å². The van der Waals surface area contributed by atoms with Crippen molar-refractivity contribution in [2.75, 3.05) is 23.3 Å². The minimum Gasteiger partial charge on any atom is -0.361 e. The van der Waals surface area contributed by atoms with Crippen molar-refractivity contribution < 1.29 is 9.59 Å². The lowest BCUT2D eigenvalue weighted by Gasteiger charge is -2.30. The molecular weight excluding hydrogens is 382 g/mol. The van der Waals surface area contributed by atoms with E-state index < -0.39 is 11.8 Å². The number of aryl methyl sites for hydroxylation is 1. The van der Waals surface area contributed by atoms with Crippen molar-refractivity contribution in [1.29, 1.82) is 0 Å². The van der Waals surface area contributed by atoms with Gasteiger partial charge in [0.15, 0.2) is 0 Å². The Balaban J connectivity index is 1.45. The molecule has 1 aliphatic heterocycles. The molecule has 0 radical (unpaired) electrons. The Morgan fingerprint density at radius 1 is 1.07 bits per heavy atom. The van der Waals surface area contributed by atoms with Gasteiger partial charge in [-0.25, -0.2) is 0 Å². The molecule has 4 rings (SSSR count). The minimum absolute atomic E-state index is 0.00521. The second-order valence-electron chi connectivity index (χ2n) is 7.14. The first kappa shape index (κ1) is 19.2. The van der Waals surface area contributed by atoms with Gasteiger partial charge in [0.2, 0.25) is 0 Å². The highest BCUT2D eigenvalue weighted by molar-refractivity contribution is 7.10. The molecule has 0 fully saturated rings. The molecule has 6 heteroatoms. The molecule has 148 valence electrons. The van der Waals surface area contributed by atoms with Crippen LogP contribution in [0.5, 0.6) is 0 Å². The fourth-order valence-electron chi connectivity index (χ4n) is 3.71. The van der Waals surface area contributed by atoms with Crippen molar-refractivity contribution >= 4 is 34.5 Å². The van der Waals surface area contributed by atoms with E-state index in [1.165, 1.54) is 16.1 Å². The van der Waals surface area contributed by atoms with Crippen molar-refractivity contribution in [2.24, 2.45) is 0 Å². The Labute approximate surface area is 174 Å². The summed E-state index contributed by atoms with van der Waals surface area (Å²) in [6.45, 7) is 3.21. The van der Waals surface area contributed by atoms with Gasteiger partial charge in [0, 0.05) is 29.3 Å². The first-order valence-corrected chi connectivity index (χ1v) is 10.5. The summed E-state index contributed by atoms with van der Waals surface area (Å²) in [4.78, 5) is 28.2. The molecule has 0 saturated carbocycles. The van der Waals surface area contributed by atoms with Crippen molar-refractivity contribution in [2.45, 2.75) is 19.4 Å². The second kappa shape index (κ2) is 8.49. The lowest BCUT2D eigenvalue weighted by molar-refractivity contribution is -0.136. The zero-order chi connectivity index (χ0) is 20.2. The first-order chi connectivity index (χ1) is 14.1. The molecule has 0 saturated heterocycles. The van der Waals surface area contributed by atoms with Gasteiger partial charge in [-0.3, -0.25) is 9.59 Å². The molecule has 0 bridgehead atoms. The van der Waals surface area contributed by atoms with Crippen LogP contribution >= 0.6 is 11.3 Å². The second-order valence-corrected chi connectivity index (χ2v) is 8.12. The van der Waals surface area contributed by atoms with E-state index in [0.29, 0.717) is 12.2 Å². The molecule has 29 heavy (non-hydrogen) atoms. The number of hydrogen-bond donors (Lipinski definition) is 2. The molecule has 2 heterocycles. The van der Waals surface area contributed by atoms with Gasteiger partial charge < -0.3 is 15.5 Å². The van der Waals surface area contributed by atoms with E-state index in [1.807, 2.05) is 42.6 Å².